The lowest BCUT2D eigenvalue weighted by molar-refractivity contribution is -0.162. The zero-order chi connectivity index (χ0) is 18.5. The van der Waals surface area contributed by atoms with Gasteiger partial charge in [-0.1, -0.05) is 31.2 Å². The topological polar surface area (TPSA) is 77.5 Å². The predicted octanol–water partition coefficient (Wildman–Crippen LogP) is 3.42. The molecule has 0 saturated carbocycles. The fourth-order valence-corrected chi connectivity index (χ4v) is 3.37. The number of hydrogen-bond donors (Lipinski definition) is 1. The van der Waals surface area contributed by atoms with Gasteiger partial charge in [0.25, 0.3) is 5.91 Å². The molecule has 1 fully saturated rings. The number of hydrogen-bond acceptors (Lipinski definition) is 6. The van der Waals surface area contributed by atoms with Crippen molar-refractivity contribution in [1.29, 1.82) is 0 Å². The number of esters is 1. The number of benzene rings is 1. The quantitative estimate of drug-likeness (QED) is 0.784. The fourth-order valence-electron chi connectivity index (χ4n) is 2.65. The zero-order valence-electron chi connectivity index (χ0n) is 14.9. The minimum Gasteiger partial charge on any atom is -0.451 e. The smallest absolute Gasteiger partial charge is 0.336 e. The first-order chi connectivity index (χ1) is 12.6. The highest BCUT2D eigenvalue weighted by Gasteiger charge is 2.28. The van der Waals surface area contributed by atoms with Crippen LogP contribution in [0.2, 0.25) is 0 Å². The average molecular weight is 374 g/mol. The Balaban J connectivity index is 1.57. The maximum Gasteiger partial charge on any atom is 0.336 e. The Morgan fingerprint density at radius 1 is 1.38 bits per heavy atom. The van der Waals surface area contributed by atoms with Gasteiger partial charge in [-0.05, 0) is 31.7 Å². The molecular weight excluding hydrogens is 352 g/mol. The van der Waals surface area contributed by atoms with Crippen molar-refractivity contribution < 1.29 is 19.1 Å². The first-order valence-electron chi connectivity index (χ1n) is 8.74. The Bertz CT molecular complexity index is 766. The van der Waals surface area contributed by atoms with Gasteiger partial charge in [-0.25, -0.2) is 9.78 Å². The van der Waals surface area contributed by atoms with Crippen LogP contribution < -0.4 is 5.32 Å². The van der Waals surface area contributed by atoms with Gasteiger partial charge in [-0.15, -0.1) is 11.3 Å². The fraction of sp³-hybridized carbons (Fsp3) is 0.421. The third-order valence-electron chi connectivity index (χ3n) is 4.25. The monoisotopic (exact) mass is 374 g/mol. The third kappa shape index (κ3) is 4.47. The Morgan fingerprint density at radius 3 is 2.81 bits per heavy atom. The van der Waals surface area contributed by atoms with Crippen LogP contribution in [-0.2, 0) is 25.5 Å². The summed E-state index contributed by atoms with van der Waals surface area (Å²) in [6.07, 6.45) is 1.01. The summed E-state index contributed by atoms with van der Waals surface area (Å²) in [6.45, 7) is 4.21. The molecule has 6 nitrogen and oxygen atoms in total. The molecule has 1 amide bonds. The first-order valence-corrected chi connectivity index (χ1v) is 9.62. The van der Waals surface area contributed by atoms with E-state index in [0.717, 1.165) is 24.1 Å². The molecule has 3 rings (SSSR count). The van der Waals surface area contributed by atoms with Gasteiger partial charge in [-0.3, -0.25) is 10.1 Å². The van der Waals surface area contributed by atoms with E-state index in [-0.39, 0.29) is 0 Å². The van der Waals surface area contributed by atoms with Crippen LogP contribution in [0.5, 0.6) is 0 Å². The number of nitrogens with one attached hydrogen (secondary N) is 1. The molecule has 1 saturated heterocycles. The minimum atomic E-state index is -0.900. The summed E-state index contributed by atoms with van der Waals surface area (Å²) in [6, 6.07) is 8.18. The summed E-state index contributed by atoms with van der Waals surface area (Å²) >= 11 is 1.34. The number of rotatable bonds is 6. The van der Waals surface area contributed by atoms with Crippen LogP contribution in [0.1, 0.15) is 32.3 Å². The van der Waals surface area contributed by atoms with Crippen LogP contribution in [0, 0.1) is 0 Å². The Kier molecular flexibility index (Phi) is 6.00. The largest absolute Gasteiger partial charge is 0.451 e. The summed E-state index contributed by atoms with van der Waals surface area (Å²) in [5.74, 6) is -0.889. The van der Waals surface area contributed by atoms with Gasteiger partial charge in [0.1, 0.15) is 0 Å². The number of thiazole rings is 1. The van der Waals surface area contributed by atoms with E-state index in [1.54, 1.807) is 6.92 Å². The van der Waals surface area contributed by atoms with Crippen LogP contribution in [0.4, 0.5) is 5.13 Å². The van der Waals surface area contributed by atoms with E-state index in [4.69, 9.17) is 9.47 Å². The number of ether oxygens (including phenoxy) is 2. The van der Waals surface area contributed by atoms with Crippen LogP contribution in [0.15, 0.2) is 29.6 Å². The van der Waals surface area contributed by atoms with E-state index >= 15 is 0 Å². The number of anilines is 1. The summed E-state index contributed by atoms with van der Waals surface area (Å²) in [5, 5.41) is 5.07. The van der Waals surface area contributed by atoms with Crippen molar-refractivity contribution in [2.24, 2.45) is 0 Å². The Hall–Kier alpha value is -2.25. The van der Waals surface area contributed by atoms with Crippen molar-refractivity contribution in [2.45, 2.75) is 45.3 Å². The second-order valence-corrected chi connectivity index (χ2v) is 7.02. The van der Waals surface area contributed by atoms with Crippen LogP contribution >= 0.6 is 11.3 Å². The molecule has 2 heterocycles. The highest BCUT2D eigenvalue weighted by atomic mass is 32.1. The number of carbonyl (C=O) groups is 2. The molecular formula is C19H22N2O4S. The molecule has 0 unspecified atom stereocenters. The molecule has 0 aliphatic carbocycles. The molecule has 2 aromatic rings. The van der Waals surface area contributed by atoms with Crippen molar-refractivity contribution in [3.8, 4) is 11.3 Å². The average Bonchev–Trinajstić information content (AvgIpc) is 3.34. The lowest BCUT2D eigenvalue weighted by Gasteiger charge is -2.15. The summed E-state index contributed by atoms with van der Waals surface area (Å²) in [7, 11) is 0. The van der Waals surface area contributed by atoms with Crippen molar-refractivity contribution in [3.05, 3.63) is 35.2 Å². The molecule has 1 N–H and O–H groups in total. The first kappa shape index (κ1) is 18.5. The molecule has 1 aromatic carbocycles. The van der Waals surface area contributed by atoms with Crippen LogP contribution in [-0.4, -0.2) is 35.7 Å². The van der Waals surface area contributed by atoms with Crippen molar-refractivity contribution in [1.82, 2.24) is 4.98 Å². The van der Waals surface area contributed by atoms with Crippen molar-refractivity contribution in [2.75, 3.05) is 11.9 Å². The Labute approximate surface area is 156 Å². The summed E-state index contributed by atoms with van der Waals surface area (Å²) in [5.41, 5.74) is 3.06. The normalized spacial score (nSPS) is 17.7. The minimum absolute atomic E-state index is 0.404. The molecule has 1 aromatic heterocycles. The second-order valence-electron chi connectivity index (χ2n) is 6.16. The zero-order valence-corrected chi connectivity index (χ0v) is 15.7. The van der Waals surface area contributed by atoms with Gasteiger partial charge in [0.2, 0.25) is 0 Å². The van der Waals surface area contributed by atoms with Crippen molar-refractivity contribution >= 4 is 28.3 Å². The third-order valence-corrected chi connectivity index (χ3v) is 5.00. The van der Waals surface area contributed by atoms with Crippen molar-refractivity contribution in [3.63, 3.8) is 0 Å². The maximum absolute atomic E-state index is 12.2. The molecule has 1 aliphatic rings. The highest BCUT2D eigenvalue weighted by molar-refractivity contribution is 7.14. The predicted molar refractivity (Wildman–Crippen MR) is 100 cm³/mol. The number of aryl methyl sites for hydroxylation is 1. The highest BCUT2D eigenvalue weighted by Crippen LogP contribution is 2.25. The van der Waals surface area contributed by atoms with Gasteiger partial charge in [0.05, 0.1) is 5.69 Å². The molecule has 2 atom stereocenters. The Morgan fingerprint density at radius 2 is 2.15 bits per heavy atom. The maximum atomic E-state index is 12.2. The van der Waals surface area contributed by atoms with Crippen LogP contribution in [0.3, 0.4) is 0 Å². The molecule has 26 heavy (non-hydrogen) atoms. The number of aromatic nitrogens is 1. The number of carbonyl (C=O) groups excluding carboxylic acids is 2. The molecule has 7 heteroatoms. The molecule has 1 aliphatic heterocycles. The van der Waals surface area contributed by atoms with Crippen LogP contribution in [0.25, 0.3) is 11.3 Å². The molecule has 0 radical (unpaired) electrons. The van der Waals surface area contributed by atoms with Gasteiger partial charge >= 0.3 is 5.97 Å². The van der Waals surface area contributed by atoms with Gasteiger partial charge < -0.3 is 9.47 Å². The lowest BCUT2D eigenvalue weighted by Crippen LogP contribution is -2.33. The van der Waals surface area contributed by atoms with E-state index in [2.05, 4.69) is 29.4 Å². The molecule has 138 valence electrons. The van der Waals surface area contributed by atoms with E-state index in [1.807, 2.05) is 17.5 Å². The summed E-state index contributed by atoms with van der Waals surface area (Å²) < 4.78 is 10.5. The van der Waals surface area contributed by atoms with Gasteiger partial charge in [-0.2, -0.15) is 0 Å². The lowest BCUT2D eigenvalue weighted by atomic mass is 10.1. The van der Waals surface area contributed by atoms with E-state index in [9.17, 15) is 9.59 Å². The summed E-state index contributed by atoms with van der Waals surface area (Å²) in [4.78, 5) is 28.6. The van der Waals surface area contributed by atoms with Gasteiger partial charge in [0.15, 0.2) is 17.3 Å². The number of nitrogens with zero attached hydrogens (tertiary/aromatic N) is 1. The molecule has 0 spiro atoms. The standard InChI is InChI=1S/C19H22N2O4S/c1-3-13-6-8-14(9-7-13)15-11-26-19(20-15)21-17(22)12(2)25-18(23)16-5-4-10-24-16/h6-9,11-12,16H,3-5,10H2,1-2H3,(H,20,21,22)/t12-,16-/m1/s1. The number of amides is 1. The second kappa shape index (κ2) is 8.42. The van der Waals surface area contributed by atoms with E-state index < -0.39 is 24.1 Å². The molecule has 0 bridgehead atoms. The SMILES string of the molecule is CCc1ccc(-c2csc(NC(=O)[C@@H](C)OC(=O)[C@H]3CCCO3)n2)cc1. The van der Waals surface area contributed by atoms with E-state index in [1.165, 1.54) is 16.9 Å². The van der Waals surface area contributed by atoms with E-state index in [0.29, 0.717) is 18.2 Å². The van der Waals surface area contributed by atoms with Gasteiger partial charge in [0, 0.05) is 17.6 Å².